The van der Waals surface area contributed by atoms with E-state index in [1.165, 1.54) is 0 Å². The number of para-hydroxylation sites is 1. The molecule has 0 spiro atoms. The Morgan fingerprint density at radius 2 is 1.87 bits per heavy atom. The zero-order chi connectivity index (χ0) is 21.6. The zero-order valence-electron chi connectivity index (χ0n) is 16.5. The summed E-state index contributed by atoms with van der Waals surface area (Å²) in [7, 11) is 0. The van der Waals surface area contributed by atoms with Crippen molar-refractivity contribution in [3.8, 4) is 5.75 Å². The Hall–Kier alpha value is -2.61. The maximum absolute atomic E-state index is 15.3. The van der Waals surface area contributed by atoms with Crippen LogP contribution in [0, 0.1) is 11.6 Å². The molecule has 0 fully saturated rings. The third-order valence-electron chi connectivity index (χ3n) is 5.54. The Balaban J connectivity index is 1.97. The third kappa shape index (κ3) is 3.53. The molecule has 2 heterocycles. The molecule has 0 bridgehead atoms. The van der Waals surface area contributed by atoms with Crippen molar-refractivity contribution < 1.29 is 26.7 Å². The van der Waals surface area contributed by atoms with Crippen molar-refractivity contribution in [2.45, 2.75) is 38.5 Å². The molecule has 0 amide bonds. The summed E-state index contributed by atoms with van der Waals surface area (Å²) in [5.41, 5.74) is 1.44. The van der Waals surface area contributed by atoms with Crippen LogP contribution in [0.1, 0.15) is 36.7 Å². The second-order valence-electron chi connectivity index (χ2n) is 7.51. The number of aromatic amines is 1. The number of aromatic nitrogens is 1. The maximum atomic E-state index is 15.3. The fraction of sp³-hybridized carbons (Fsp3) is 0.364. The molecule has 0 aliphatic carbocycles. The molecule has 2 atom stereocenters. The van der Waals surface area contributed by atoms with E-state index < -0.39 is 42.0 Å². The molecule has 1 aliphatic rings. The molecule has 1 aliphatic heterocycles. The van der Waals surface area contributed by atoms with Gasteiger partial charge in [0, 0.05) is 22.6 Å². The average Bonchev–Trinajstić information content (AvgIpc) is 3.03. The van der Waals surface area contributed by atoms with Gasteiger partial charge in [-0.1, -0.05) is 18.2 Å². The number of nitrogens with zero attached hydrogens (tertiary/aromatic N) is 1. The van der Waals surface area contributed by atoms with Crippen LogP contribution < -0.4 is 4.74 Å². The van der Waals surface area contributed by atoms with Crippen LogP contribution in [0.15, 0.2) is 36.4 Å². The van der Waals surface area contributed by atoms with E-state index >= 15 is 4.39 Å². The van der Waals surface area contributed by atoms with E-state index in [0.717, 1.165) is 33.5 Å². The predicted molar refractivity (Wildman–Crippen MR) is 104 cm³/mol. The quantitative estimate of drug-likeness (QED) is 0.541. The normalized spacial score (nSPS) is 19.8. The highest BCUT2D eigenvalue weighted by molar-refractivity contribution is 5.85. The van der Waals surface area contributed by atoms with Gasteiger partial charge in [0.1, 0.15) is 5.82 Å². The SMILES string of the molecule is CCOc1ccc(F)c([C@@H]2c3[nH]c4ccccc4c3C[C@@H](C)N2CC(F)(F)F)c1F. The highest BCUT2D eigenvalue weighted by Crippen LogP contribution is 2.44. The summed E-state index contributed by atoms with van der Waals surface area (Å²) < 4.78 is 75.7. The smallest absolute Gasteiger partial charge is 0.401 e. The Labute approximate surface area is 170 Å². The van der Waals surface area contributed by atoms with Crippen LogP contribution in [-0.2, 0) is 6.42 Å². The number of fused-ring (bicyclic) bond motifs is 3. The van der Waals surface area contributed by atoms with Crippen molar-refractivity contribution in [1.29, 1.82) is 0 Å². The number of ether oxygens (including phenoxy) is 1. The van der Waals surface area contributed by atoms with Crippen LogP contribution in [0.5, 0.6) is 5.75 Å². The van der Waals surface area contributed by atoms with Crippen LogP contribution >= 0.6 is 0 Å². The van der Waals surface area contributed by atoms with Crippen molar-refractivity contribution in [2.24, 2.45) is 0 Å². The van der Waals surface area contributed by atoms with Gasteiger partial charge in [-0.3, -0.25) is 4.90 Å². The van der Waals surface area contributed by atoms with Gasteiger partial charge in [0.2, 0.25) is 0 Å². The molecular weight excluding hydrogens is 403 g/mol. The Morgan fingerprint density at radius 1 is 1.13 bits per heavy atom. The van der Waals surface area contributed by atoms with Crippen LogP contribution in [0.25, 0.3) is 10.9 Å². The van der Waals surface area contributed by atoms with E-state index in [2.05, 4.69) is 4.98 Å². The van der Waals surface area contributed by atoms with Crippen molar-refractivity contribution in [3.63, 3.8) is 0 Å². The number of alkyl halides is 3. The summed E-state index contributed by atoms with van der Waals surface area (Å²) in [6, 6.07) is 7.63. The highest BCUT2D eigenvalue weighted by atomic mass is 19.4. The van der Waals surface area contributed by atoms with Crippen LogP contribution in [0.3, 0.4) is 0 Å². The lowest BCUT2D eigenvalue weighted by atomic mass is 9.88. The molecule has 0 unspecified atom stereocenters. The molecule has 0 saturated heterocycles. The molecule has 4 rings (SSSR count). The lowest BCUT2D eigenvalue weighted by Crippen LogP contribution is -2.47. The minimum Gasteiger partial charge on any atom is -0.491 e. The molecule has 3 nitrogen and oxygen atoms in total. The number of hydrogen-bond acceptors (Lipinski definition) is 2. The largest absolute Gasteiger partial charge is 0.491 e. The van der Waals surface area contributed by atoms with E-state index in [9.17, 15) is 17.6 Å². The van der Waals surface area contributed by atoms with Gasteiger partial charge in [-0.25, -0.2) is 8.78 Å². The lowest BCUT2D eigenvalue weighted by Gasteiger charge is -2.41. The first-order chi connectivity index (χ1) is 14.2. The lowest BCUT2D eigenvalue weighted by molar-refractivity contribution is -0.155. The standard InChI is InChI=1S/C22H21F5N2O/c1-3-30-17-9-8-15(23)18(19(17)24)21-20-14(13-6-4-5-7-16(13)28-20)10-12(2)29(21)11-22(25,26)27/h4-9,12,21,28H,3,10-11H2,1-2H3/t12-,21-/m1/s1. The number of H-pyrrole nitrogens is 1. The van der Waals surface area contributed by atoms with Gasteiger partial charge < -0.3 is 9.72 Å². The maximum Gasteiger partial charge on any atom is 0.401 e. The Kier molecular flexibility index (Phi) is 5.22. The van der Waals surface area contributed by atoms with E-state index in [-0.39, 0.29) is 12.4 Å². The first-order valence-electron chi connectivity index (χ1n) is 9.74. The number of nitrogens with one attached hydrogen (secondary N) is 1. The van der Waals surface area contributed by atoms with Gasteiger partial charge in [-0.05, 0) is 44.0 Å². The van der Waals surface area contributed by atoms with Crippen molar-refractivity contribution >= 4 is 10.9 Å². The first kappa shape index (κ1) is 20.7. The number of rotatable bonds is 4. The van der Waals surface area contributed by atoms with Crippen molar-refractivity contribution in [2.75, 3.05) is 13.2 Å². The second kappa shape index (κ2) is 7.58. The summed E-state index contributed by atoms with van der Waals surface area (Å²) in [5.74, 6) is -2.07. The highest BCUT2D eigenvalue weighted by Gasteiger charge is 2.44. The van der Waals surface area contributed by atoms with Crippen molar-refractivity contribution in [3.05, 3.63) is 64.9 Å². The summed E-state index contributed by atoms with van der Waals surface area (Å²) in [5, 5.41) is 0.845. The second-order valence-corrected chi connectivity index (χ2v) is 7.51. The molecule has 2 aromatic carbocycles. The van der Waals surface area contributed by atoms with Gasteiger partial charge >= 0.3 is 6.18 Å². The molecule has 1 N–H and O–H groups in total. The zero-order valence-corrected chi connectivity index (χ0v) is 16.5. The fourth-order valence-corrected chi connectivity index (χ4v) is 4.34. The van der Waals surface area contributed by atoms with E-state index in [1.807, 2.05) is 12.1 Å². The molecule has 8 heteroatoms. The summed E-state index contributed by atoms with van der Waals surface area (Å²) in [6.07, 6.45) is -4.19. The van der Waals surface area contributed by atoms with Crippen LogP contribution in [0.2, 0.25) is 0 Å². The molecule has 0 saturated carbocycles. The molecular formula is C22H21F5N2O. The number of hydrogen-bond donors (Lipinski definition) is 1. The Bertz CT molecular complexity index is 1080. The summed E-state index contributed by atoms with van der Waals surface area (Å²) in [6.45, 7) is 2.15. The number of benzene rings is 2. The fourth-order valence-electron chi connectivity index (χ4n) is 4.34. The molecule has 160 valence electrons. The van der Waals surface area contributed by atoms with Gasteiger partial charge in [-0.2, -0.15) is 13.2 Å². The molecule has 30 heavy (non-hydrogen) atoms. The van der Waals surface area contributed by atoms with Crippen LogP contribution in [-0.4, -0.2) is 35.3 Å². The van der Waals surface area contributed by atoms with Crippen molar-refractivity contribution in [1.82, 2.24) is 9.88 Å². The van der Waals surface area contributed by atoms with E-state index in [4.69, 9.17) is 4.74 Å². The predicted octanol–water partition coefficient (Wildman–Crippen LogP) is 5.74. The van der Waals surface area contributed by atoms with Gasteiger partial charge in [0.05, 0.1) is 24.8 Å². The molecule has 0 radical (unpaired) electrons. The average molecular weight is 424 g/mol. The van der Waals surface area contributed by atoms with E-state index in [1.54, 1.807) is 26.0 Å². The van der Waals surface area contributed by atoms with Gasteiger partial charge in [-0.15, -0.1) is 0 Å². The molecule has 1 aromatic heterocycles. The Morgan fingerprint density at radius 3 is 2.57 bits per heavy atom. The minimum absolute atomic E-state index is 0.146. The molecule has 3 aromatic rings. The summed E-state index contributed by atoms with van der Waals surface area (Å²) >= 11 is 0. The first-order valence-corrected chi connectivity index (χ1v) is 9.74. The van der Waals surface area contributed by atoms with Gasteiger partial charge in [0.15, 0.2) is 11.6 Å². The topological polar surface area (TPSA) is 28.3 Å². The van der Waals surface area contributed by atoms with Crippen LogP contribution in [0.4, 0.5) is 22.0 Å². The summed E-state index contributed by atoms with van der Waals surface area (Å²) in [4.78, 5) is 4.23. The van der Waals surface area contributed by atoms with Gasteiger partial charge in [0.25, 0.3) is 0 Å². The van der Waals surface area contributed by atoms with E-state index in [0.29, 0.717) is 12.1 Å². The monoisotopic (exact) mass is 424 g/mol. The minimum atomic E-state index is -4.53. The number of halogens is 5. The third-order valence-corrected chi connectivity index (χ3v) is 5.54.